The van der Waals surface area contributed by atoms with Crippen molar-refractivity contribution in [2.24, 2.45) is 4.99 Å². The van der Waals surface area contributed by atoms with E-state index in [0.29, 0.717) is 38.8 Å². The molecular formula is C28H50CaN4O8. The van der Waals surface area contributed by atoms with Crippen LogP contribution in [0, 0.1) is 0 Å². The van der Waals surface area contributed by atoms with Crippen molar-refractivity contribution in [1.82, 2.24) is 15.1 Å². The Morgan fingerprint density at radius 3 is 1.83 bits per heavy atom. The topological polar surface area (TPSA) is 189 Å². The molecule has 0 atom stereocenters. The van der Waals surface area contributed by atoms with Gasteiger partial charge in [-0.25, -0.2) is 0 Å². The van der Waals surface area contributed by atoms with Crippen LogP contribution in [-0.4, -0.2) is 139 Å². The molecule has 12 nitrogen and oxygen atoms in total. The third-order valence-corrected chi connectivity index (χ3v) is 5.43. The number of hydrogen-bond acceptors (Lipinski definition) is 10. The molecule has 0 aromatic heterocycles. The van der Waals surface area contributed by atoms with Crippen LogP contribution in [0.2, 0.25) is 0 Å². The smallest absolute Gasteiger partial charge is 0.862 e. The van der Waals surface area contributed by atoms with Gasteiger partial charge < -0.3 is 35.6 Å². The molecule has 0 aliphatic heterocycles. The van der Waals surface area contributed by atoms with E-state index in [0.717, 1.165) is 38.5 Å². The molecule has 1 amide bonds. The number of hydrogen-bond donors (Lipinski definition) is 4. The minimum atomic E-state index is -1.21. The van der Waals surface area contributed by atoms with Gasteiger partial charge in [-0.15, -0.1) is 0 Å². The van der Waals surface area contributed by atoms with E-state index in [2.05, 4.69) is 22.5 Å². The van der Waals surface area contributed by atoms with Gasteiger partial charge in [-0.2, -0.15) is 0 Å². The van der Waals surface area contributed by atoms with Crippen molar-refractivity contribution in [2.75, 3.05) is 52.7 Å². The first-order chi connectivity index (χ1) is 19.2. The molecule has 0 bridgehead atoms. The number of carbonyl (C=O) groups excluding carboxylic acids is 2. The number of unbranched alkanes of at least 4 members (excludes halogenated alkanes) is 4. The fourth-order valence-corrected chi connectivity index (χ4v) is 3.34. The number of amides is 1. The van der Waals surface area contributed by atoms with Crippen molar-refractivity contribution >= 4 is 61.5 Å². The molecule has 0 unspecified atom stereocenters. The average molecular weight is 611 g/mol. The zero-order valence-electron chi connectivity index (χ0n) is 25.0. The van der Waals surface area contributed by atoms with E-state index in [1.807, 2.05) is 26.0 Å². The number of aliphatic hydroxyl groups is 2. The number of rotatable bonds is 24. The molecule has 0 spiro atoms. The Labute approximate surface area is 275 Å². The predicted molar refractivity (Wildman–Crippen MR) is 157 cm³/mol. The third-order valence-electron chi connectivity index (χ3n) is 5.43. The maximum atomic E-state index is 11.6. The zero-order chi connectivity index (χ0) is 30.4. The van der Waals surface area contributed by atoms with Crippen molar-refractivity contribution < 1.29 is 39.9 Å². The minimum Gasteiger partial charge on any atom is -0.862 e. The van der Waals surface area contributed by atoms with E-state index in [4.69, 9.17) is 15.3 Å². The summed E-state index contributed by atoms with van der Waals surface area (Å²) in [6, 6.07) is 0. The first-order valence-electron chi connectivity index (χ1n) is 14.0. The summed E-state index contributed by atoms with van der Waals surface area (Å²) in [6.45, 7) is 4.57. The molecule has 0 rings (SSSR count). The Balaban J connectivity index is -0.000000688. The summed E-state index contributed by atoms with van der Waals surface area (Å²) < 4.78 is 0. The van der Waals surface area contributed by atoms with Gasteiger partial charge in [-0.3, -0.25) is 24.4 Å². The van der Waals surface area contributed by atoms with Crippen molar-refractivity contribution in [2.45, 2.75) is 78.1 Å². The molecule has 13 heteroatoms. The molecule has 0 aliphatic carbocycles. The van der Waals surface area contributed by atoms with Crippen LogP contribution in [0.5, 0.6) is 0 Å². The number of carbonyl (C=O) groups is 3. The van der Waals surface area contributed by atoms with Gasteiger partial charge >= 0.3 is 43.7 Å². The number of carboxylic acid groups (broad SMARTS) is 2. The normalized spacial score (nSPS) is 11.5. The summed E-state index contributed by atoms with van der Waals surface area (Å²) in [6.07, 6.45) is 15.3. The first kappa shape index (κ1) is 43.9. The molecule has 0 saturated carbocycles. The van der Waals surface area contributed by atoms with Gasteiger partial charge in [0.1, 0.15) is 0 Å². The monoisotopic (exact) mass is 610 g/mol. The Morgan fingerprint density at radius 1 is 0.805 bits per heavy atom. The van der Waals surface area contributed by atoms with Crippen LogP contribution < -0.4 is 15.5 Å². The summed E-state index contributed by atoms with van der Waals surface area (Å²) in [4.78, 5) is 39.7. The Hall–Kier alpha value is -1.54. The molecule has 41 heavy (non-hydrogen) atoms. The summed E-state index contributed by atoms with van der Waals surface area (Å²) in [7, 11) is 0. The van der Waals surface area contributed by atoms with Crippen LogP contribution in [0.3, 0.4) is 0 Å². The Morgan fingerprint density at radius 2 is 1.34 bits per heavy atom. The van der Waals surface area contributed by atoms with Crippen LogP contribution in [-0.2, 0) is 14.4 Å². The van der Waals surface area contributed by atoms with E-state index in [-0.39, 0.29) is 89.2 Å². The molecule has 0 fully saturated rings. The van der Waals surface area contributed by atoms with E-state index in [1.54, 1.807) is 4.90 Å². The van der Waals surface area contributed by atoms with E-state index in [1.165, 1.54) is 4.90 Å². The van der Waals surface area contributed by atoms with E-state index in [9.17, 15) is 24.6 Å². The van der Waals surface area contributed by atoms with Crippen molar-refractivity contribution in [1.29, 1.82) is 0 Å². The van der Waals surface area contributed by atoms with Crippen LogP contribution in [0.25, 0.3) is 0 Å². The third kappa shape index (κ3) is 34.6. The molecule has 232 valence electrons. The number of allylic oxidation sites excluding steroid dienone is 4. The number of nitrogens with zero attached hydrogens (tertiary/aromatic N) is 3. The molecular weight excluding hydrogens is 560 g/mol. The molecule has 0 aromatic carbocycles. The van der Waals surface area contributed by atoms with Crippen LogP contribution >= 0.6 is 0 Å². The van der Waals surface area contributed by atoms with Crippen LogP contribution in [0.4, 0.5) is 0 Å². The second-order valence-corrected chi connectivity index (χ2v) is 9.11. The van der Waals surface area contributed by atoms with Gasteiger partial charge in [-0.05, 0) is 77.5 Å². The fourth-order valence-electron chi connectivity index (χ4n) is 3.34. The predicted octanol–water partition coefficient (Wildman–Crippen LogP) is -0.142. The SMILES string of the molecule is C/C=C/CCCCC(=O)NCN(CCCO)CC(=O)O.C/C=C/CCCCC([O-])=NCN(CCCO)CC(=O)[O-].[Ca+2]. The molecule has 0 aliphatic rings. The van der Waals surface area contributed by atoms with Crippen LogP contribution in [0.15, 0.2) is 29.3 Å². The zero-order valence-corrected chi connectivity index (χ0v) is 27.2. The summed E-state index contributed by atoms with van der Waals surface area (Å²) in [5.41, 5.74) is 0. The molecule has 0 saturated heterocycles. The number of carboxylic acids is 2. The fraction of sp³-hybridized carbons (Fsp3) is 0.714. The van der Waals surface area contributed by atoms with Crippen LogP contribution in [0.1, 0.15) is 78.1 Å². The molecule has 0 aromatic rings. The number of aliphatic carboxylic acids is 2. The van der Waals surface area contributed by atoms with Crippen molar-refractivity contribution in [3.63, 3.8) is 0 Å². The number of aliphatic imine (C=N–C) groups is 1. The van der Waals surface area contributed by atoms with Gasteiger partial charge in [0.05, 0.1) is 25.9 Å². The number of aliphatic hydroxyl groups excluding tert-OH is 2. The first-order valence-corrected chi connectivity index (χ1v) is 14.0. The minimum absolute atomic E-state index is 0. The Bertz CT molecular complexity index is 751. The van der Waals surface area contributed by atoms with Crippen molar-refractivity contribution in [3.05, 3.63) is 24.3 Å². The van der Waals surface area contributed by atoms with Gasteiger partial charge in [0.2, 0.25) is 5.91 Å². The second kappa shape index (κ2) is 33.0. The quantitative estimate of drug-likeness (QED) is 0.0286. The molecule has 0 heterocycles. The summed E-state index contributed by atoms with van der Waals surface area (Å²) in [5, 5.41) is 51.0. The van der Waals surface area contributed by atoms with Gasteiger partial charge in [0.25, 0.3) is 0 Å². The maximum Gasteiger partial charge on any atom is 2.00 e. The summed E-state index contributed by atoms with van der Waals surface area (Å²) >= 11 is 0. The average Bonchev–Trinajstić information content (AvgIpc) is 2.91. The Kier molecular flexibility index (Phi) is 35.3. The van der Waals surface area contributed by atoms with Gasteiger partial charge in [0, 0.05) is 39.3 Å². The molecule has 0 radical (unpaired) electrons. The van der Waals surface area contributed by atoms with E-state index < -0.39 is 11.9 Å². The molecule has 4 N–H and O–H groups in total. The standard InChI is InChI=1S/2C14H26N2O4.Ca/c2*1-2-3-4-5-6-8-13(18)15-12-16(9-7-10-17)11-14(19)20;/h2*2-3,17H,4-12H2,1H3,(H,15,18)(H,19,20);/q;;+2/p-2/b2*3-2+;. The maximum absolute atomic E-state index is 11.6. The largest absolute Gasteiger partial charge is 2.00 e. The number of nitrogens with one attached hydrogen (secondary N) is 1. The summed E-state index contributed by atoms with van der Waals surface area (Å²) in [5.74, 6) is -2.43. The van der Waals surface area contributed by atoms with Crippen molar-refractivity contribution in [3.8, 4) is 0 Å². The van der Waals surface area contributed by atoms with E-state index >= 15 is 0 Å². The van der Waals surface area contributed by atoms with Gasteiger partial charge in [-0.1, -0.05) is 24.3 Å². The second-order valence-electron chi connectivity index (χ2n) is 9.11. The van der Waals surface area contributed by atoms with Gasteiger partial charge in [0.15, 0.2) is 0 Å².